The lowest BCUT2D eigenvalue weighted by atomic mass is 10.2. The first-order valence-electron chi connectivity index (χ1n) is 6.41. The highest BCUT2D eigenvalue weighted by Crippen LogP contribution is 2.23. The van der Waals surface area contributed by atoms with E-state index in [9.17, 15) is 4.79 Å². The molecule has 7 heteroatoms. The number of nitrogens with one attached hydrogen (secondary N) is 2. The number of carbonyl (C=O) groups excluding carboxylic acids is 1. The van der Waals surface area contributed by atoms with Crippen molar-refractivity contribution in [2.75, 3.05) is 30.4 Å². The van der Waals surface area contributed by atoms with E-state index < -0.39 is 0 Å². The first kappa shape index (κ1) is 15.1. The van der Waals surface area contributed by atoms with Crippen LogP contribution in [0.25, 0.3) is 10.2 Å². The lowest BCUT2D eigenvalue weighted by molar-refractivity contribution is -0.123. The average Bonchev–Trinajstić information content (AvgIpc) is 2.92. The molecule has 2 rings (SSSR count). The van der Waals surface area contributed by atoms with Gasteiger partial charge < -0.3 is 10.6 Å². The van der Waals surface area contributed by atoms with Gasteiger partial charge in [-0.05, 0) is 17.7 Å². The molecule has 2 heterocycles. The first-order valence-corrected chi connectivity index (χ1v) is 8.68. The Labute approximate surface area is 126 Å². The third-order valence-corrected chi connectivity index (χ3v) is 4.50. The summed E-state index contributed by atoms with van der Waals surface area (Å²) in [6.07, 6.45) is 3.56. The standard InChI is InChI=1S/C13H18N4OS2/c1-9(7-19-2)12(18)15-5-4-14-11-10-3-6-20-13(10)17-8-16-11/h3,6,8-9H,4-5,7H2,1-2H3,(H,15,18)(H,14,16,17). The fourth-order valence-electron chi connectivity index (χ4n) is 1.80. The van der Waals surface area contributed by atoms with Crippen molar-refractivity contribution in [3.8, 4) is 0 Å². The minimum Gasteiger partial charge on any atom is -0.368 e. The number of hydrogen-bond donors (Lipinski definition) is 2. The second-order valence-corrected chi connectivity index (χ2v) is 6.24. The SMILES string of the molecule is CSCC(C)C(=O)NCCNc1ncnc2sccc12. The van der Waals surface area contributed by atoms with Crippen LogP contribution in [0.15, 0.2) is 17.8 Å². The monoisotopic (exact) mass is 310 g/mol. The van der Waals surface area contributed by atoms with Gasteiger partial charge in [-0.1, -0.05) is 6.92 Å². The summed E-state index contributed by atoms with van der Waals surface area (Å²) in [6, 6.07) is 2.00. The van der Waals surface area contributed by atoms with Gasteiger partial charge in [-0.2, -0.15) is 11.8 Å². The number of anilines is 1. The Bertz CT molecular complexity index is 572. The summed E-state index contributed by atoms with van der Waals surface area (Å²) < 4.78 is 0. The van der Waals surface area contributed by atoms with Crippen LogP contribution in [0.2, 0.25) is 0 Å². The maximum atomic E-state index is 11.7. The number of hydrogen-bond acceptors (Lipinski definition) is 6. The number of amides is 1. The van der Waals surface area contributed by atoms with E-state index in [4.69, 9.17) is 0 Å². The molecule has 0 radical (unpaired) electrons. The minimum absolute atomic E-state index is 0.0487. The minimum atomic E-state index is 0.0487. The lowest BCUT2D eigenvalue weighted by Gasteiger charge is -2.11. The van der Waals surface area contributed by atoms with E-state index in [1.165, 1.54) is 0 Å². The normalized spacial score (nSPS) is 12.3. The van der Waals surface area contributed by atoms with Crippen molar-refractivity contribution >= 4 is 45.0 Å². The maximum Gasteiger partial charge on any atom is 0.223 e. The summed E-state index contributed by atoms with van der Waals surface area (Å²) in [7, 11) is 0. The summed E-state index contributed by atoms with van der Waals surface area (Å²) >= 11 is 3.28. The van der Waals surface area contributed by atoms with Gasteiger partial charge in [0.15, 0.2) is 0 Å². The molecule has 5 nitrogen and oxygen atoms in total. The summed E-state index contributed by atoms with van der Waals surface area (Å²) in [5, 5.41) is 9.18. The molecule has 2 aromatic heterocycles. The maximum absolute atomic E-state index is 11.7. The van der Waals surface area contributed by atoms with Crippen LogP contribution in [0.3, 0.4) is 0 Å². The van der Waals surface area contributed by atoms with Crippen LogP contribution in [0.1, 0.15) is 6.92 Å². The molecule has 0 fully saturated rings. The molecule has 0 saturated heterocycles. The van der Waals surface area contributed by atoms with Gasteiger partial charge in [-0.25, -0.2) is 9.97 Å². The Balaban J connectivity index is 1.79. The van der Waals surface area contributed by atoms with Gasteiger partial charge in [0, 0.05) is 24.8 Å². The fourth-order valence-corrected chi connectivity index (χ4v) is 3.18. The number of nitrogens with zero attached hydrogens (tertiary/aromatic N) is 2. The van der Waals surface area contributed by atoms with E-state index in [0.717, 1.165) is 21.8 Å². The number of thiophene rings is 1. The Hall–Kier alpha value is -1.34. The zero-order valence-corrected chi connectivity index (χ0v) is 13.2. The zero-order valence-electron chi connectivity index (χ0n) is 11.5. The van der Waals surface area contributed by atoms with Crippen molar-refractivity contribution in [2.24, 2.45) is 5.92 Å². The average molecular weight is 310 g/mol. The molecule has 2 N–H and O–H groups in total. The number of aromatic nitrogens is 2. The van der Waals surface area contributed by atoms with Crippen molar-refractivity contribution in [2.45, 2.75) is 6.92 Å². The molecule has 0 saturated carbocycles. The summed E-state index contributed by atoms with van der Waals surface area (Å²) in [6.45, 7) is 3.19. The highest BCUT2D eigenvalue weighted by molar-refractivity contribution is 7.98. The van der Waals surface area contributed by atoms with Crippen molar-refractivity contribution in [1.29, 1.82) is 0 Å². The summed E-state index contributed by atoms with van der Waals surface area (Å²) in [5.74, 6) is 1.82. The van der Waals surface area contributed by atoms with Crippen LogP contribution in [0.5, 0.6) is 0 Å². The number of rotatable bonds is 7. The Morgan fingerprint density at radius 1 is 1.45 bits per heavy atom. The van der Waals surface area contributed by atoms with Gasteiger partial charge in [-0.15, -0.1) is 11.3 Å². The van der Waals surface area contributed by atoms with E-state index in [1.54, 1.807) is 29.4 Å². The van der Waals surface area contributed by atoms with Gasteiger partial charge >= 0.3 is 0 Å². The van der Waals surface area contributed by atoms with E-state index in [-0.39, 0.29) is 11.8 Å². The predicted molar refractivity (Wildman–Crippen MR) is 86.5 cm³/mol. The van der Waals surface area contributed by atoms with E-state index >= 15 is 0 Å². The molecule has 1 amide bonds. The van der Waals surface area contributed by atoms with Crippen molar-refractivity contribution < 1.29 is 4.79 Å². The first-order chi connectivity index (χ1) is 9.72. The van der Waals surface area contributed by atoms with Gasteiger partial charge in [0.05, 0.1) is 5.39 Å². The number of thioether (sulfide) groups is 1. The highest BCUT2D eigenvalue weighted by atomic mass is 32.2. The third kappa shape index (κ3) is 3.83. The third-order valence-electron chi connectivity index (χ3n) is 2.84. The summed E-state index contributed by atoms with van der Waals surface area (Å²) in [5.41, 5.74) is 0. The largest absolute Gasteiger partial charge is 0.368 e. The van der Waals surface area contributed by atoms with E-state index in [1.807, 2.05) is 24.6 Å². The van der Waals surface area contributed by atoms with Gasteiger partial charge in [-0.3, -0.25) is 4.79 Å². The molecule has 2 aromatic rings. The molecule has 0 aliphatic rings. The second kappa shape index (κ2) is 7.44. The molecule has 0 aliphatic heterocycles. The van der Waals surface area contributed by atoms with Crippen LogP contribution in [-0.2, 0) is 4.79 Å². The number of carbonyl (C=O) groups is 1. The van der Waals surface area contributed by atoms with Gasteiger partial charge in [0.25, 0.3) is 0 Å². The molecule has 20 heavy (non-hydrogen) atoms. The Morgan fingerprint density at radius 3 is 3.10 bits per heavy atom. The predicted octanol–water partition coefficient (Wildman–Crippen LogP) is 2.22. The molecule has 0 aliphatic carbocycles. The second-order valence-electron chi connectivity index (χ2n) is 4.44. The number of fused-ring (bicyclic) bond motifs is 1. The molecular formula is C13H18N4OS2. The Morgan fingerprint density at radius 2 is 2.30 bits per heavy atom. The smallest absolute Gasteiger partial charge is 0.223 e. The van der Waals surface area contributed by atoms with Crippen LogP contribution >= 0.6 is 23.1 Å². The molecule has 1 atom stereocenters. The molecule has 0 bridgehead atoms. The fraction of sp³-hybridized carbons (Fsp3) is 0.462. The topological polar surface area (TPSA) is 66.9 Å². The van der Waals surface area contributed by atoms with E-state index in [2.05, 4.69) is 20.6 Å². The van der Waals surface area contributed by atoms with Crippen LogP contribution < -0.4 is 10.6 Å². The van der Waals surface area contributed by atoms with Crippen molar-refractivity contribution in [1.82, 2.24) is 15.3 Å². The zero-order chi connectivity index (χ0) is 14.4. The van der Waals surface area contributed by atoms with Crippen LogP contribution in [0, 0.1) is 5.92 Å². The highest BCUT2D eigenvalue weighted by Gasteiger charge is 2.11. The van der Waals surface area contributed by atoms with Crippen LogP contribution in [-0.4, -0.2) is 41.0 Å². The van der Waals surface area contributed by atoms with Crippen molar-refractivity contribution in [3.05, 3.63) is 17.8 Å². The van der Waals surface area contributed by atoms with Gasteiger partial charge in [0.1, 0.15) is 17.0 Å². The summed E-state index contributed by atoms with van der Waals surface area (Å²) in [4.78, 5) is 21.1. The molecule has 1 unspecified atom stereocenters. The molecule has 0 aromatic carbocycles. The van der Waals surface area contributed by atoms with Crippen molar-refractivity contribution in [3.63, 3.8) is 0 Å². The molecular weight excluding hydrogens is 292 g/mol. The lowest BCUT2D eigenvalue weighted by Crippen LogP contribution is -2.33. The molecule has 0 spiro atoms. The quantitative estimate of drug-likeness (QED) is 0.768. The Kier molecular flexibility index (Phi) is 5.60. The van der Waals surface area contributed by atoms with Gasteiger partial charge in [0.2, 0.25) is 5.91 Å². The van der Waals surface area contributed by atoms with E-state index in [0.29, 0.717) is 13.1 Å². The molecule has 108 valence electrons. The van der Waals surface area contributed by atoms with Crippen LogP contribution in [0.4, 0.5) is 5.82 Å².